The second kappa shape index (κ2) is 3.66. The van der Waals surface area contributed by atoms with Gasteiger partial charge in [-0.2, -0.15) is 0 Å². The number of hydrogen-bond acceptors (Lipinski definition) is 3. The first-order chi connectivity index (χ1) is 5.61. The molecular weight excluding hydrogens is 182 g/mol. The SMILES string of the molecule is O=C(O)C1CC[N+](=S(=O)=O)CC1. The summed E-state index contributed by atoms with van der Waals surface area (Å²) in [5.41, 5.74) is 0. The quantitative estimate of drug-likeness (QED) is 0.571. The molecule has 0 aliphatic carbocycles. The van der Waals surface area contributed by atoms with E-state index in [0.717, 1.165) is 0 Å². The highest BCUT2D eigenvalue weighted by Crippen LogP contribution is 2.13. The summed E-state index contributed by atoms with van der Waals surface area (Å²) < 4.78 is 22.1. The summed E-state index contributed by atoms with van der Waals surface area (Å²) in [5, 5.41) is 8.59. The number of piperidine rings is 1. The molecule has 0 bridgehead atoms. The Morgan fingerprint density at radius 1 is 1.33 bits per heavy atom. The van der Waals surface area contributed by atoms with Crippen LogP contribution in [0.3, 0.4) is 0 Å². The van der Waals surface area contributed by atoms with E-state index in [9.17, 15) is 13.2 Å². The van der Waals surface area contributed by atoms with E-state index >= 15 is 0 Å². The van der Waals surface area contributed by atoms with Crippen molar-refractivity contribution in [2.45, 2.75) is 12.8 Å². The highest BCUT2D eigenvalue weighted by atomic mass is 32.2. The van der Waals surface area contributed by atoms with Crippen LogP contribution in [-0.4, -0.2) is 36.5 Å². The lowest BCUT2D eigenvalue weighted by atomic mass is 9.99. The maximum atomic E-state index is 10.5. The van der Waals surface area contributed by atoms with Gasteiger partial charge in [0.1, 0.15) is 0 Å². The second-order valence-corrected chi connectivity index (χ2v) is 3.71. The van der Waals surface area contributed by atoms with Crippen LogP contribution in [0.5, 0.6) is 0 Å². The summed E-state index contributed by atoms with van der Waals surface area (Å²) in [6, 6.07) is 0. The highest BCUT2D eigenvalue weighted by molar-refractivity contribution is 7.58. The fourth-order valence-electron chi connectivity index (χ4n) is 1.25. The predicted molar refractivity (Wildman–Crippen MR) is 39.3 cm³/mol. The molecule has 0 aromatic carbocycles. The van der Waals surface area contributed by atoms with Gasteiger partial charge in [-0.15, -0.1) is 12.4 Å². The Hall–Kier alpha value is -0.910. The maximum absolute atomic E-state index is 10.5. The minimum Gasteiger partial charge on any atom is -0.481 e. The minimum absolute atomic E-state index is 0.326. The first-order valence-electron chi connectivity index (χ1n) is 3.68. The smallest absolute Gasteiger partial charge is 0.458 e. The number of rotatable bonds is 1. The number of carbonyl (C=O) groups is 1. The van der Waals surface area contributed by atoms with Crippen LogP contribution in [0.25, 0.3) is 0 Å². The van der Waals surface area contributed by atoms with E-state index in [2.05, 4.69) is 0 Å². The summed E-state index contributed by atoms with van der Waals surface area (Å²) in [5.74, 6) is -1.20. The van der Waals surface area contributed by atoms with E-state index in [1.54, 1.807) is 0 Å². The molecule has 0 radical (unpaired) electrons. The van der Waals surface area contributed by atoms with Crippen LogP contribution in [0.4, 0.5) is 0 Å². The molecule has 12 heavy (non-hydrogen) atoms. The van der Waals surface area contributed by atoms with E-state index in [-0.39, 0.29) is 5.92 Å². The molecular formula is C6H10NO4S+. The lowest BCUT2D eigenvalue weighted by Crippen LogP contribution is -2.29. The second-order valence-electron chi connectivity index (χ2n) is 2.76. The van der Waals surface area contributed by atoms with Gasteiger partial charge in [0, 0.05) is 12.8 Å². The molecule has 1 fully saturated rings. The molecule has 68 valence electrons. The van der Waals surface area contributed by atoms with Gasteiger partial charge in [0.25, 0.3) is 0 Å². The third-order valence-corrected chi connectivity index (χ3v) is 2.80. The first kappa shape index (κ1) is 9.18. The molecule has 1 aliphatic rings. The van der Waals surface area contributed by atoms with E-state index in [1.165, 1.54) is 3.95 Å². The zero-order chi connectivity index (χ0) is 9.14. The Morgan fingerprint density at radius 2 is 1.83 bits per heavy atom. The lowest BCUT2D eigenvalue weighted by Gasteiger charge is -2.13. The Balaban J connectivity index is 2.62. The Kier molecular flexibility index (Phi) is 2.80. The monoisotopic (exact) mass is 192 g/mol. The van der Waals surface area contributed by atoms with Crippen LogP contribution in [0, 0.1) is 5.92 Å². The summed E-state index contributed by atoms with van der Waals surface area (Å²) in [6.07, 6.45) is 0.840. The molecule has 0 aromatic heterocycles. The van der Waals surface area contributed by atoms with Crippen LogP contribution in [0.1, 0.15) is 12.8 Å². The van der Waals surface area contributed by atoms with Crippen molar-refractivity contribution in [1.82, 2.24) is 0 Å². The van der Waals surface area contributed by atoms with Crippen molar-refractivity contribution in [3.05, 3.63) is 0 Å². The van der Waals surface area contributed by atoms with Crippen molar-refractivity contribution in [2.75, 3.05) is 13.1 Å². The molecule has 1 rings (SSSR count). The average molecular weight is 192 g/mol. The van der Waals surface area contributed by atoms with Crippen molar-refractivity contribution in [1.29, 1.82) is 0 Å². The molecule has 0 amide bonds. The normalized spacial score (nSPS) is 23.7. The molecule has 6 heteroatoms. The van der Waals surface area contributed by atoms with Crippen LogP contribution in [0.15, 0.2) is 0 Å². The van der Waals surface area contributed by atoms with Crippen molar-refractivity contribution in [3.8, 4) is 0 Å². The number of hydrogen-bond donors (Lipinski definition) is 1. The fourth-order valence-corrected chi connectivity index (χ4v) is 1.76. The van der Waals surface area contributed by atoms with Crippen LogP contribution < -0.4 is 0 Å². The van der Waals surface area contributed by atoms with Gasteiger partial charge in [0.05, 0.1) is 5.92 Å². The van der Waals surface area contributed by atoms with Crippen molar-refractivity contribution in [3.63, 3.8) is 0 Å². The van der Waals surface area contributed by atoms with Gasteiger partial charge < -0.3 is 5.11 Å². The Bertz CT molecular complexity index is 300. The zero-order valence-corrected chi connectivity index (χ0v) is 7.25. The third-order valence-electron chi connectivity index (χ3n) is 2.01. The summed E-state index contributed by atoms with van der Waals surface area (Å²) >= 11 is 0. The largest absolute Gasteiger partial charge is 0.481 e. The van der Waals surface area contributed by atoms with Crippen molar-refractivity contribution >= 4 is 16.5 Å². The van der Waals surface area contributed by atoms with Gasteiger partial charge in [-0.3, -0.25) is 4.79 Å². The van der Waals surface area contributed by atoms with Crippen LogP contribution in [0.2, 0.25) is 0 Å². The van der Waals surface area contributed by atoms with Gasteiger partial charge in [0.15, 0.2) is 13.1 Å². The van der Waals surface area contributed by atoms with E-state index in [0.29, 0.717) is 25.9 Å². The highest BCUT2D eigenvalue weighted by Gasteiger charge is 2.27. The molecule has 1 N–H and O–H groups in total. The Labute approximate surface area is 71.3 Å². The van der Waals surface area contributed by atoms with Crippen molar-refractivity contribution < 1.29 is 22.3 Å². The maximum Gasteiger partial charge on any atom is 0.458 e. The third kappa shape index (κ3) is 2.04. The molecule has 0 spiro atoms. The summed E-state index contributed by atoms with van der Waals surface area (Å²) in [6.45, 7) is 0.653. The van der Waals surface area contributed by atoms with Gasteiger partial charge in [-0.05, 0) is 0 Å². The Morgan fingerprint density at radius 3 is 2.17 bits per heavy atom. The molecule has 1 saturated heterocycles. The molecule has 0 atom stereocenters. The molecule has 1 heterocycles. The average Bonchev–Trinajstić information content (AvgIpc) is 2.04. The summed E-state index contributed by atoms with van der Waals surface area (Å²) in [4.78, 5) is 10.5. The van der Waals surface area contributed by atoms with Gasteiger partial charge in [-0.25, -0.2) is 0 Å². The van der Waals surface area contributed by atoms with Gasteiger partial charge in [0.2, 0.25) is 0 Å². The number of carboxylic acid groups (broad SMARTS) is 1. The minimum atomic E-state index is -2.19. The molecule has 0 unspecified atom stereocenters. The predicted octanol–water partition coefficient (Wildman–Crippen LogP) is -0.444. The van der Waals surface area contributed by atoms with Gasteiger partial charge >= 0.3 is 16.5 Å². The number of aliphatic carboxylic acids is 1. The van der Waals surface area contributed by atoms with Crippen molar-refractivity contribution in [2.24, 2.45) is 5.92 Å². The van der Waals surface area contributed by atoms with E-state index in [1.807, 2.05) is 0 Å². The van der Waals surface area contributed by atoms with Crippen LogP contribution >= 0.6 is 0 Å². The van der Waals surface area contributed by atoms with Crippen LogP contribution in [-0.2, 0) is 15.3 Å². The molecule has 0 aromatic rings. The zero-order valence-electron chi connectivity index (χ0n) is 6.43. The topological polar surface area (TPSA) is 74.4 Å². The lowest BCUT2D eigenvalue weighted by molar-refractivity contribution is -0.516. The van der Waals surface area contributed by atoms with E-state index in [4.69, 9.17) is 5.11 Å². The molecule has 1 aliphatic heterocycles. The molecule has 0 saturated carbocycles. The fraction of sp³-hybridized carbons (Fsp3) is 0.833. The number of nitrogens with zero attached hydrogens (tertiary/aromatic N) is 1. The van der Waals surface area contributed by atoms with Gasteiger partial charge in [-0.1, -0.05) is 0 Å². The standard InChI is InChI=1S/C6H9NO4S/c8-6(9)5-1-3-7(4-2-5)12(10)11/h5H,1-4H2/p+1. The first-order valence-corrected chi connectivity index (χ1v) is 4.71. The number of carboxylic acids is 1. The molecule has 5 nitrogen and oxygen atoms in total. The summed E-state index contributed by atoms with van der Waals surface area (Å²) in [7, 11) is -2.19. The van der Waals surface area contributed by atoms with E-state index < -0.39 is 16.5 Å².